The molecule has 2 unspecified atom stereocenters. The zero-order valence-corrected chi connectivity index (χ0v) is 17.8. The smallest absolute Gasteiger partial charge is 0.334 e. The van der Waals surface area contributed by atoms with Crippen molar-refractivity contribution >= 4 is 36.9 Å². The number of aliphatic hydroxyl groups is 1. The van der Waals surface area contributed by atoms with E-state index in [-0.39, 0.29) is 16.8 Å². The van der Waals surface area contributed by atoms with Crippen LogP contribution in [0.2, 0.25) is 16.6 Å². The van der Waals surface area contributed by atoms with Crippen LogP contribution in [-0.2, 0) is 14.0 Å². The fourth-order valence-corrected chi connectivity index (χ4v) is 10.0. The summed E-state index contributed by atoms with van der Waals surface area (Å²) in [5.74, 6) is -1.27. The summed E-state index contributed by atoms with van der Waals surface area (Å²) in [4.78, 5) is 10.6. The Bertz CT molecular complexity index is 327. The van der Waals surface area contributed by atoms with Crippen molar-refractivity contribution < 1.29 is 24.2 Å². The number of carboxylic acid groups (broad SMARTS) is 1. The summed E-state index contributed by atoms with van der Waals surface area (Å²) in [7, 11) is -2.00. The van der Waals surface area contributed by atoms with Gasteiger partial charge in [0.2, 0.25) is 8.32 Å². The molecule has 0 aromatic rings. The molecule has 0 aliphatic rings. The monoisotopic (exact) mass is 446 g/mol. The zero-order valence-electron chi connectivity index (χ0n) is 14.7. The molecular weight excluding hydrogens is 415 g/mol. The number of hydrogen-bond donors (Lipinski definition) is 2. The number of halogens is 1. The lowest BCUT2D eigenvalue weighted by molar-refractivity contribution is -0.151. The summed E-state index contributed by atoms with van der Waals surface area (Å²) < 4.78 is 11.9. The van der Waals surface area contributed by atoms with E-state index in [4.69, 9.17) is 14.3 Å². The summed E-state index contributed by atoms with van der Waals surface area (Å²) in [5.41, 5.74) is 1.42. The maximum atomic E-state index is 10.6. The largest absolute Gasteiger partial charge is 0.479 e. The molecule has 0 aromatic carbocycles. The van der Waals surface area contributed by atoms with Crippen LogP contribution < -0.4 is 0 Å². The van der Waals surface area contributed by atoms with E-state index in [1.165, 1.54) is 0 Å². The van der Waals surface area contributed by atoms with Gasteiger partial charge in [-0.3, -0.25) is 0 Å². The van der Waals surface area contributed by atoms with Gasteiger partial charge < -0.3 is 19.4 Å². The lowest BCUT2D eigenvalue weighted by atomic mass is 10.4. The molecule has 0 bridgehead atoms. The zero-order chi connectivity index (χ0) is 17.7. The predicted molar refractivity (Wildman–Crippen MR) is 99.0 cm³/mol. The van der Waals surface area contributed by atoms with Gasteiger partial charge in [0.1, 0.15) is 4.11 Å². The van der Waals surface area contributed by atoms with Crippen LogP contribution in [0.1, 0.15) is 48.5 Å². The lowest BCUT2D eigenvalue weighted by Gasteiger charge is -2.44. The summed E-state index contributed by atoms with van der Waals surface area (Å²) in [6, 6.07) is 0. The van der Waals surface area contributed by atoms with Crippen LogP contribution in [0, 0.1) is 0 Å². The average Bonchev–Trinajstić information content (AvgIpc) is 2.39. The molecule has 3 atom stereocenters. The van der Waals surface area contributed by atoms with Crippen LogP contribution in [0.3, 0.4) is 0 Å². The number of alkyl halides is 1. The molecule has 0 radical (unpaired) electrons. The molecule has 0 rings (SSSR count). The standard InChI is InChI=1S/C15H31IO5Si/c1-9(2)22(10(3)4,11(5)6)21-14(16)12(7)20-8-13(17)15(18)19/h9-14,17H,8H2,1-7H3,(H,18,19)/t12?,13?,14-/m0/s1. The fourth-order valence-electron chi connectivity index (χ4n) is 3.09. The van der Waals surface area contributed by atoms with Gasteiger partial charge in [0, 0.05) is 0 Å². The summed E-state index contributed by atoms with van der Waals surface area (Å²) >= 11 is 2.22. The molecule has 0 saturated heterocycles. The van der Waals surface area contributed by atoms with Crippen molar-refractivity contribution in [3.63, 3.8) is 0 Å². The maximum Gasteiger partial charge on any atom is 0.334 e. The molecule has 0 aliphatic carbocycles. The molecule has 0 amide bonds. The van der Waals surface area contributed by atoms with Crippen LogP contribution in [0.4, 0.5) is 0 Å². The lowest BCUT2D eigenvalue weighted by Crippen LogP contribution is -2.51. The quantitative estimate of drug-likeness (QED) is 0.303. The van der Waals surface area contributed by atoms with Gasteiger partial charge in [-0.1, -0.05) is 41.5 Å². The minimum absolute atomic E-state index is 0.169. The first kappa shape index (κ1) is 22.3. The van der Waals surface area contributed by atoms with Gasteiger partial charge in [0.05, 0.1) is 12.7 Å². The van der Waals surface area contributed by atoms with Crippen molar-refractivity contribution in [3.05, 3.63) is 0 Å². The van der Waals surface area contributed by atoms with E-state index in [0.717, 1.165) is 0 Å². The topological polar surface area (TPSA) is 76.0 Å². The van der Waals surface area contributed by atoms with E-state index in [0.29, 0.717) is 16.6 Å². The third-order valence-electron chi connectivity index (χ3n) is 4.19. The molecule has 0 fully saturated rings. The highest BCUT2D eigenvalue weighted by Gasteiger charge is 2.47. The van der Waals surface area contributed by atoms with E-state index in [1.54, 1.807) is 0 Å². The fraction of sp³-hybridized carbons (Fsp3) is 0.933. The van der Waals surface area contributed by atoms with Crippen LogP contribution in [0.5, 0.6) is 0 Å². The molecule has 0 aromatic heterocycles. The molecule has 132 valence electrons. The van der Waals surface area contributed by atoms with Gasteiger partial charge in [0.25, 0.3) is 0 Å². The number of aliphatic carboxylic acids is 1. The summed E-state index contributed by atoms with van der Waals surface area (Å²) in [5, 5.41) is 18.0. The van der Waals surface area contributed by atoms with Gasteiger partial charge in [0.15, 0.2) is 6.10 Å². The minimum Gasteiger partial charge on any atom is -0.479 e. The molecule has 0 saturated carbocycles. The first-order chi connectivity index (χ1) is 9.96. The first-order valence-electron chi connectivity index (χ1n) is 7.81. The molecule has 2 N–H and O–H groups in total. The number of aliphatic hydroxyl groups excluding tert-OH is 1. The van der Waals surface area contributed by atoms with Crippen molar-refractivity contribution in [1.29, 1.82) is 0 Å². The highest BCUT2D eigenvalue weighted by molar-refractivity contribution is 14.1. The Morgan fingerprint density at radius 3 is 1.77 bits per heavy atom. The molecule has 7 heteroatoms. The Labute approximate surface area is 149 Å². The summed E-state index contributed by atoms with van der Waals surface area (Å²) in [6.45, 7) is 14.9. The molecule has 5 nitrogen and oxygen atoms in total. The number of carbonyl (C=O) groups is 1. The Hall–Kier alpha value is 0.297. The number of hydrogen-bond acceptors (Lipinski definition) is 4. The van der Waals surface area contributed by atoms with Gasteiger partial charge in [-0.25, -0.2) is 4.79 Å². The van der Waals surface area contributed by atoms with Crippen LogP contribution in [0.15, 0.2) is 0 Å². The van der Waals surface area contributed by atoms with Gasteiger partial charge in [-0.05, 0) is 46.1 Å². The molecule has 0 heterocycles. The van der Waals surface area contributed by atoms with Crippen molar-refractivity contribution in [1.82, 2.24) is 0 Å². The predicted octanol–water partition coefficient (Wildman–Crippen LogP) is 3.79. The van der Waals surface area contributed by atoms with Crippen molar-refractivity contribution in [2.45, 2.75) is 81.4 Å². The highest BCUT2D eigenvalue weighted by atomic mass is 127. The van der Waals surface area contributed by atoms with Crippen LogP contribution in [-0.4, -0.2) is 47.4 Å². The van der Waals surface area contributed by atoms with Crippen molar-refractivity contribution in [2.75, 3.05) is 6.61 Å². The third kappa shape index (κ3) is 5.74. The molecule has 0 aliphatic heterocycles. The minimum atomic E-state index is -2.00. The second-order valence-corrected chi connectivity index (χ2v) is 13.3. The number of rotatable bonds is 10. The van der Waals surface area contributed by atoms with E-state index in [1.807, 2.05) is 6.92 Å². The van der Waals surface area contributed by atoms with Gasteiger partial charge >= 0.3 is 5.97 Å². The number of ether oxygens (including phenoxy) is 1. The van der Waals surface area contributed by atoms with Gasteiger partial charge in [-0.2, -0.15) is 0 Å². The van der Waals surface area contributed by atoms with Crippen molar-refractivity contribution in [2.24, 2.45) is 0 Å². The maximum absolute atomic E-state index is 10.6. The summed E-state index contributed by atoms with van der Waals surface area (Å²) in [6.07, 6.45) is -1.77. The molecular formula is C15H31IO5Si. The van der Waals surface area contributed by atoms with Crippen LogP contribution in [0.25, 0.3) is 0 Å². The van der Waals surface area contributed by atoms with E-state index in [2.05, 4.69) is 64.1 Å². The normalized spacial score (nSPS) is 17.1. The third-order valence-corrected chi connectivity index (χ3v) is 12.0. The first-order valence-corrected chi connectivity index (χ1v) is 11.2. The van der Waals surface area contributed by atoms with Crippen molar-refractivity contribution in [3.8, 4) is 0 Å². The van der Waals surface area contributed by atoms with E-state index in [9.17, 15) is 9.90 Å². The highest BCUT2D eigenvalue weighted by Crippen LogP contribution is 2.44. The molecule has 0 spiro atoms. The van der Waals surface area contributed by atoms with Crippen LogP contribution >= 0.6 is 22.6 Å². The second-order valence-electron chi connectivity index (χ2n) is 6.68. The average molecular weight is 446 g/mol. The Morgan fingerprint density at radius 1 is 1.05 bits per heavy atom. The SMILES string of the molecule is CC(OCC(O)C(=O)O)[C@@H](I)O[Si](C(C)C)(C(C)C)C(C)C. The second kappa shape index (κ2) is 9.56. The van der Waals surface area contributed by atoms with E-state index < -0.39 is 20.4 Å². The number of carboxylic acids is 1. The molecule has 22 heavy (non-hydrogen) atoms. The van der Waals surface area contributed by atoms with Gasteiger partial charge in [-0.15, -0.1) is 0 Å². The Morgan fingerprint density at radius 2 is 1.45 bits per heavy atom. The Balaban J connectivity index is 4.89. The van der Waals surface area contributed by atoms with E-state index >= 15 is 0 Å². The Kier molecular flexibility index (Phi) is 9.69.